The van der Waals surface area contributed by atoms with Gasteiger partial charge < -0.3 is 15.2 Å². The van der Waals surface area contributed by atoms with Gasteiger partial charge in [0.1, 0.15) is 5.82 Å². The van der Waals surface area contributed by atoms with E-state index in [1.54, 1.807) is 6.07 Å². The summed E-state index contributed by atoms with van der Waals surface area (Å²) in [7, 11) is 2.98. The zero-order valence-electron chi connectivity index (χ0n) is 11.2. The normalized spacial score (nSPS) is 12.1. The summed E-state index contributed by atoms with van der Waals surface area (Å²) >= 11 is 2.21. The van der Waals surface area contributed by atoms with Crippen LogP contribution >= 0.6 is 22.6 Å². The summed E-state index contributed by atoms with van der Waals surface area (Å²) in [6, 6.07) is 9.98. The molecule has 0 fully saturated rings. The van der Waals surface area contributed by atoms with Crippen LogP contribution in [0.3, 0.4) is 0 Å². The highest BCUT2D eigenvalue weighted by molar-refractivity contribution is 14.1. The van der Waals surface area contributed by atoms with E-state index in [2.05, 4.69) is 22.6 Å². The van der Waals surface area contributed by atoms with Crippen LogP contribution in [0.1, 0.15) is 17.2 Å². The molecule has 5 heteroatoms. The van der Waals surface area contributed by atoms with E-state index >= 15 is 0 Å². The molecule has 1 unspecified atom stereocenters. The summed E-state index contributed by atoms with van der Waals surface area (Å²) in [5.74, 6) is 0.405. The van der Waals surface area contributed by atoms with Crippen LogP contribution in [-0.2, 0) is 0 Å². The van der Waals surface area contributed by atoms with E-state index in [4.69, 9.17) is 15.2 Å². The lowest BCUT2D eigenvalue weighted by molar-refractivity contribution is 0.351. The van der Waals surface area contributed by atoms with Gasteiger partial charge >= 0.3 is 0 Å². The van der Waals surface area contributed by atoms with Crippen molar-refractivity contribution >= 4 is 22.6 Å². The van der Waals surface area contributed by atoms with Crippen LogP contribution in [0.2, 0.25) is 0 Å². The molecule has 0 aliphatic rings. The van der Waals surface area contributed by atoms with Gasteiger partial charge in [-0.15, -0.1) is 0 Å². The fraction of sp³-hybridized carbons (Fsp3) is 0.200. The van der Waals surface area contributed by atoms with Crippen LogP contribution in [0.15, 0.2) is 36.4 Å². The maximum atomic E-state index is 14.2. The highest BCUT2D eigenvalue weighted by atomic mass is 127. The zero-order chi connectivity index (χ0) is 14.7. The maximum Gasteiger partial charge on any atom is 0.163 e. The minimum absolute atomic E-state index is 0.351. The van der Waals surface area contributed by atoms with Crippen LogP contribution < -0.4 is 15.2 Å². The number of rotatable bonds is 4. The number of nitrogens with two attached hydrogens (primary N) is 1. The van der Waals surface area contributed by atoms with Crippen LogP contribution in [0.5, 0.6) is 11.5 Å². The Balaban J connectivity index is 2.43. The first-order valence-electron chi connectivity index (χ1n) is 5.99. The summed E-state index contributed by atoms with van der Waals surface area (Å²) in [5, 5.41) is 0. The van der Waals surface area contributed by atoms with Gasteiger partial charge in [0.05, 0.1) is 20.3 Å². The molecule has 0 saturated carbocycles. The molecule has 0 radical (unpaired) electrons. The molecule has 0 aliphatic heterocycles. The average molecular weight is 387 g/mol. The van der Waals surface area contributed by atoms with Gasteiger partial charge in [-0.2, -0.15) is 0 Å². The first-order chi connectivity index (χ1) is 9.56. The number of hydrogen-bond donors (Lipinski definition) is 1. The van der Waals surface area contributed by atoms with Crippen molar-refractivity contribution in [2.24, 2.45) is 5.73 Å². The van der Waals surface area contributed by atoms with E-state index in [0.717, 1.165) is 9.13 Å². The molecule has 1 atom stereocenters. The van der Waals surface area contributed by atoms with Crippen molar-refractivity contribution in [2.45, 2.75) is 6.04 Å². The second-order valence-corrected chi connectivity index (χ2v) is 5.50. The van der Waals surface area contributed by atoms with Crippen molar-refractivity contribution in [2.75, 3.05) is 14.2 Å². The molecule has 0 aromatic heterocycles. The largest absolute Gasteiger partial charge is 0.493 e. The number of methoxy groups -OCH3 is 2. The molecule has 2 rings (SSSR count). The minimum Gasteiger partial charge on any atom is -0.493 e. The molecule has 2 N–H and O–H groups in total. The standard InChI is InChI=1S/C15H15FINO2/c1-19-13-7-11(12(16)8-14(13)20-2)15(18)9-3-5-10(17)6-4-9/h3-8,15H,18H2,1-2H3. The van der Waals surface area contributed by atoms with Gasteiger partial charge in [-0.25, -0.2) is 4.39 Å². The van der Waals surface area contributed by atoms with Gasteiger partial charge in [-0.1, -0.05) is 12.1 Å². The molecular formula is C15H15FINO2. The molecule has 20 heavy (non-hydrogen) atoms. The van der Waals surface area contributed by atoms with Gasteiger partial charge in [-0.05, 0) is 46.4 Å². The smallest absolute Gasteiger partial charge is 0.163 e. The fourth-order valence-corrected chi connectivity index (χ4v) is 2.32. The van der Waals surface area contributed by atoms with Gasteiger partial charge in [0.2, 0.25) is 0 Å². The monoisotopic (exact) mass is 387 g/mol. The highest BCUT2D eigenvalue weighted by Gasteiger charge is 2.17. The number of ether oxygens (including phenoxy) is 2. The molecule has 0 bridgehead atoms. The topological polar surface area (TPSA) is 44.5 Å². The van der Waals surface area contributed by atoms with E-state index in [9.17, 15) is 4.39 Å². The predicted molar refractivity (Wildman–Crippen MR) is 84.7 cm³/mol. The second-order valence-electron chi connectivity index (χ2n) is 4.26. The van der Waals surface area contributed by atoms with Gasteiger partial charge in [0.15, 0.2) is 11.5 Å². The zero-order valence-corrected chi connectivity index (χ0v) is 13.3. The summed E-state index contributed by atoms with van der Waals surface area (Å²) < 4.78 is 25.5. The van der Waals surface area contributed by atoms with Crippen molar-refractivity contribution in [3.8, 4) is 11.5 Å². The molecule has 2 aromatic rings. The molecule has 106 valence electrons. The Labute approximate surface area is 131 Å². The lowest BCUT2D eigenvalue weighted by atomic mass is 9.98. The van der Waals surface area contributed by atoms with E-state index in [1.807, 2.05) is 24.3 Å². The molecule has 0 saturated heterocycles. The van der Waals surface area contributed by atoms with Crippen molar-refractivity contribution in [1.29, 1.82) is 0 Å². The quantitative estimate of drug-likeness (QED) is 0.817. The van der Waals surface area contributed by atoms with Crippen LogP contribution in [0, 0.1) is 9.39 Å². The SMILES string of the molecule is COc1cc(F)c(C(N)c2ccc(I)cc2)cc1OC. The first kappa shape index (κ1) is 15.1. The lowest BCUT2D eigenvalue weighted by Gasteiger charge is -2.16. The Morgan fingerprint density at radius 1 is 1.05 bits per heavy atom. The van der Waals surface area contributed by atoms with Crippen molar-refractivity contribution in [1.82, 2.24) is 0 Å². The van der Waals surface area contributed by atoms with Crippen LogP contribution in [0.25, 0.3) is 0 Å². The fourth-order valence-electron chi connectivity index (χ4n) is 1.96. The molecule has 0 heterocycles. The first-order valence-corrected chi connectivity index (χ1v) is 7.07. The van der Waals surface area contributed by atoms with E-state index < -0.39 is 11.9 Å². The number of hydrogen-bond acceptors (Lipinski definition) is 3. The third kappa shape index (κ3) is 3.04. The third-order valence-corrected chi connectivity index (χ3v) is 3.79. The maximum absolute atomic E-state index is 14.2. The molecule has 0 aliphatic carbocycles. The van der Waals surface area contributed by atoms with Gasteiger partial charge in [0, 0.05) is 15.2 Å². The van der Waals surface area contributed by atoms with Crippen molar-refractivity contribution in [3.63, 3.8) is 0 Å². The number of halogens is 2. The van der Waals surface area contributed by atoms with E-state index in [-0.39, 0.29) is 0 Å². The summed E-state index contributed by atoms with van der Waals surface area (Å²) in [6.45, 7) is 0. The second kappa shape index (κ2) is 6.41. The van der Waals surface area contributed by atoms with Gasteiger partial charge in [-0.3, -0.25) is 0 Å². The molecule has 3 nitrogen and oxygen atoms in total. The highest BCUT2D eigenvalue weighted by Crippen LogP contribution is 2.33. The van der Waals surface area contributed by atoms with E-state index in [0.29, 0.717) is 17.1 Å². The lowest BCUT2D eigenvalue weighted by Crippen LogP contribution is -2.14. The number of benzene rings is 2. The Morgan fingerprint density at radius 2 is 1.60 bits per heavy atom. The van der Waals surface area contributed by atoms with Crippen LogP contribution in [0.4, 0.5) is 4.39 Å². The average Bonchev–Trinajstić information content (AvgIpc) is 2.47. The third-order valence-electron chi connectivity index (χ3n) is 3.07. The van der Waals surface area contributed by atoms with Crippen molar-refractivity contribution < 1.29 is 13.9 Å². The van der Waals surface area contributed by atoms with Crippen LogP contribution in [-0.4, -0.2) is 14.2 Å². The van der Waals surface area contributed by atoms with Crippen molar-refractivity contribution in [3.05, 3.63) is 56.9 Å². The summed E-state index contributed by atoms with van der Waals surface area (Å²) in [5.41, 5.74) is 7.37. The summed E-state index contributed by atoms with van der Waals surface area (Å²) in [4.78, 5) is 0. The molecular weight excluding hydrogens is 372 g/mol. The van der Waals surface area contributed by atoms with Gasteiger partial charge in [0.25, 0.3) is 0 Å². The van der Waals surface area contributed by atoms with E-state index in [1.165, 1.54) is 20.3 Å². The summed E-state index contributed by atoms with van der Waals surface area (Å²) in [6.07, 6.45) is 0. The molecule has 0 amide bonds. The Morgan fingerprint density at radius 3 is 2.15 bits per heavy atom. The predicted octanol–water partition coefficient (Wildman–Crippen LogP) is 3.50. The molecule has 2 aromatic carbocycles. The Hall–Kier alpha value is -1.34. The Bertz CT molecular complexity index is 602. The molecule has 0 spiro atoms. The minimum atomic E-state index is -0.549. The Kier molecular flexibility index (Phi) is 4.82.